The first-order chi connectivity index (χ1) is 14.8. The topological polar surface area (TPSA) is 73.4 Å². The van der Waals surface area contributed by atoms with Crippen molar-refractivity contribution in [3.63, 3.8) is 0 Å². The molecule has 0 saturated heterocycles. The maximum absolute atomic E-state index is 12.7. The molecular weight excluding hydrogens is 378 g/mol. The molecule has 5 rings (SSSR count). The fourth-order valence-corrected chi connectivity index (χ4v) is 3.55. The number of aliphatic imine (C=N–C) groups is 1. The summed E-state index contributed by atoms with van der Waals surface area (Å²) in [6.07, 6.45) is 3.56. The molecule has 2 aromatic carbocycles. The molecule has 0 fully saturated rings. The molecule has 4 aromatic rings. The van der Waals surface area contributed by atoms with Crippen molar-refractivity contribution in [1.29, 1.82) is 0 Å². The number of aromatic nitrogens is 3. The van der Waals surface area contributed by atoms with Gasteiger partial charge in [-0.05, 0) is 29.8 Å². The molecule has 2 aromatic heterocycles. The number of hydrogen-bond acceptors (Lipinski definition) is 5. The van der Waals surface area contributed by atoms with Gasteiger partial charge in [-0.15, -0.1) is 0 Å². The van der Waals surface area contributed by atoms with Crippen LogP contribution >= 0.6 is 0 Å². The fraction of sp³-hybridized carbons (Fsp3) is 0.174. The van der Waals surface area contributed by atoms with E-state index in [4.69, 9.17) is 4.74 Å². The quantitative estimate of drug-likeness (QED) is 0.541. The predicted octanol–water partition coefficient (Wildman–Crippen LogP) is 2.77. The van der Waals surface area contributed by atoms with Crippen LogP contribution in [0.3, 0.4) is 0 Å². The Morgan fingerprint density at radius 2 is 1.97 bits per heavy atom. The molecule has 0 bridgehead atoms. The van der Waals surface area contributed by atoms with E-state index < -0.39 is 0 Å². The molecule has 0 aliphatic carbocycles. The molecule has 7 heteroatoms. The smallest absolute Gasteiger partial charge is 0.258 e. The van der Waals surface area contributed by atoms with E-state index in [1.165, 1.54) is 6.07 Å². The van der Waals surface area contributed by atoms with Gasteiger partial charge < -0.3 is 10.1 Å². The molecule has 150 valence electrons. The fourth-order valence-electron chi connectivity index (χ4n) is 3.55. The van der Waals surface area contributed by atoms with Crippen molar-refractivity contribution < 1.29 is 4.74 Å². The van der Waals surface area contributed by atoms with Crippen LogP contribution in [0.25, 0.3) is 16.6 Å². The normalized spacial score (nSPS) is 13.3. The van der Waals surface area contributed by atoms with Crippen molar-refractivity contribution in [2.45, 2.75) is 13.2 Å². The average molecular weight is 399 g/mol. The number of ether oxygens (including phenoxy) is 1. The third-order valence-corrected chi connectivity index (χ3v) is 5.09. The summed E-state index contributed by atoms with van der Waals surface area (Å²) in [4.78, 5) is 17.1. The van der Waals surface area contributed by atoms with Gasteiger partial charge in [-0.25, -0.2) is 0 Å². The van der Waals surface area contributed by atoms with E-state index in [0.717, 1.165) is 41.1 Å². The third-order valence-electron chi connectivity index (χ3n) is 5.09. The van der Waals surface area contributed by atoms with Gasteiger partial charge in [0.1, 0.15) is 18.2 Å². The number of nitrogens with zero attached hydrogens (tertiary/aromatic N) is 4. The molecule has 1 aliphatic heterocycles. The lowest BCUT2D eigenvalue weighted by Crippen LogP contribution is -2.24. The number of nitrogens with one attached hydrogen (secondary N) is 1. The highest BCUT2D eigenvalue weighted by molar-refractivity contribution is 5.86. The van der Waals surface area contributed by atoms with E-state index in [1.807, 2.05) is 65.5 Å². The number of pyridine rings is 1. The zero-order chi connectivity index (χ0) is 20.3. The Kier molecular flexibility index (Phi) is 4.77. The van der Waals surface area contributed by atoms with Crippen LogP contribution in [-0.2, 0) is 13.2 Å². The van der Waals surface area contributed by atoms with Crippen molar-refractivity contribution in [3.8, 4) is 11.4 Å². The van der Waals surface area contributed by atoms with Crippen LogP contribution in [-0.4, -0.2) is 33.3 Å². The summed E-state index contributed by atoms with van der Waals surface area (Å²) < 4.78 is 9.28. The van der Waals surface area contributed by atoms with Crippen LogP contribution in [0.2, 0.25) is 0 Å². The number of hydrogen-bond donors (Lipinski definition) is 1. The Morgan fingerprint density at radius 3 is 2.77 bits per heavy atom. The molecule has 0 radical (unpaired) electrons. The minimum absolute atomic E-state index is 0.142. The minimum atomic E-state index is -0.142. The van der Waals surface area contributed by atoms with Crippen LogP contribution in [0.1, 0.15) is 5.56 Å². The number of amidine groups is 1. The molecule has 1 aliphatic rings. The largest absolute Gasteiger partial charge is 0.489 e. The van der Waals surface area contributed by atoms with E-state index in [2.05, 4.69) is 15.4 Å². The van der Waals surface area contributed by atoms with Crippen LogP contribution in [0.4, 0.5) is 0 Å². The Morgan fingerprint density at radius 1 is 1.07 bits per heavy atom. The van der Waals surface area contributed by atoms with Gasteiger partial charge in [-0.3, -0.25) is 19.0 Å². The van der Waals surface area contributed by atoms with Gasteiger partial charge >= 0.3 is 0 Å². The van der Waals surface area contributed by atoms with Crippen molar-refractivity contribution in [1.82, 2.24) is 19.7 Å². The first-order valence-electron chi connectivity index (χ1n) is 9.89. The predicted molar refractivity (Wildman–Crippen MR) is 116 cm³/mol. The molecular formula is C23H21N5O2. The zero-order valence-corrected chi connectivity index (χ0v) is 16.4. The molecule has 0 spiro atoms. The van der Waals surface area contributed by atoms with E-state index in [0.29, 0.717) is 18.9 Å². The summed E-state index contributed by atoms with van der Waals surface area (Å²) in [6.45, 7) is 2.74. The number of fused-ring (bicyclic) bond motifs is 1. The molecule has 30 heavy (non-hydrogen) atoms. The second kappa shape index (κ2) is 7.87. The first kappa shape index (κ1) is 18.2. The highest BCUT2D eigenvalue weighted by Crippen LogP contribution is 2.19. The standard InChI is InChI=1S/C23H21N5O2/c29-23-13-20(30-16-17-4-2-1-3-5-17)8-11-27(23)19-6-7-21-18(12-19)14-26-28(21)15-22-24-9-10-25-22/h1-8,11-14H,9-10,15-16H2,(H,24,25). The van der Waals surface area contributed by atoms with Crippen molar-refractivity contribution in [3.05, 3.63) is 89.0 Å². The Balaban J connectivity index is 1.36. The lowest BCUT2D eigenvalue weighted by molar-refractivity contribution is 0.305. The van der Waals surface area contributed by atoms with Gasteiger partial charge in [-0.1, -0.05) is 30.3 Å². The Labute approximate surface area is 173 Å². The summed E-state index contributed by atoms with van der Waals surface area (Å²) in [5.41, 5.74) is 2.71. The molecule has 0 saturated carbocycles. The Hall–Kier alpha value is -3.87. The van der Waals surface area contributed by atoms with E-state index in [9.17, 15) is 4.79 Å². The van der Waals surface area contributed by atoms with Crippen LogP contribution in [0.15, 0.2) is 82.8 Å². The average Bonchev–Trinajstić information content (AvgIpc) is 3.43. The number of rotatable bonds is 6. The van der Waals surface area contributed by atoms with Gasteiger partial charge in [0.15, 0.2) is 0 Å². The maximum Gasteiger partial charge on any atom is 0.258 e. The van der Waals surface area contributed by atoms with Gasteiger partial charge in [-0.2, -0.15) is 5.10 Å². The summed E-state index contributed by atoms with van der Waals surface area (Å²) in [5, 5.41) is 8.71. The first-order valence-corrected chi connectivity index (χ1v) is 9.89. The van der Waals surface area contributed by atoms with Crippen LogP contribution in [0.5, 0.6) is 5.75 Å². The SMILES string of the molecule is O=c1cc(OCc2ccccc2)ccn1-c1ccc2c(cnn2CC2=NCCN2)c1. The van der Waals surface area contributed by atoms with Gasteiger partial charge in [0.05, 0.1) is 24.8 Å². The number of benzene rings is 2. The maximum atomic E-state index is 12.7. The molecule has 3 heterocycles. The second-order valence-corrected chi connectivity index (χ2v) is 7.15. The summed E-state index contributed by atoms with van der Waals surface area (Å²) in [5.74, 6) is 1.50. The van der Waals surface area contributed by atoms with E-state index in [1.54, 1.807) is 10.8 Å². The summed E-state index contributed by atoms with van der Waals surface area (Å²) >= 11 is 0. The van der Waals surface area contributed by atoms with Gasteiger partial charge in [0.25, 0.3) is 5.56 Å². The van der Waals surface area contributed by atoms with Gasteiger partial charge in [0.2, 0.25) is 0 Å². The zero-order valence-electron chi connectivity index (χ0n) is 16.4. The Bertz CT molecular complexity index is 1270. The minimum Gasteiger partial charge on any atom is -0.489 e. The second-order valence-electron chi connectivity index (χ2n) is 7.15. The summed E-state index contributed by atoms with van der Waals surface area (Å²) in [6, 6.07) is 19.1. The van der Waals surface area contributed by atoms with Gasteiger partial charge in [0, 0.05) is 29.9 Å². The molecule has 0 unspecified atom stereocenters. The lowest BCUT2D eigenvalue weighted by atomic mass is 10.2. The monoisotopic (exact) mass is 399 g/mol. The highest BCUT2D eigenvalue weighted by Gasteiger charge is 2.10. The third kappa shape index (κ3) is 3.69. The van der Waals surface area contributed by atoms with Crippen LogP contribution < -0.4 is 15.6 Å². The summed E-state index contributed by atoms with van der Waals surface area (Å²) in [7, 11) is 0. The lowest BCUT2D eigenvalue weighted by Gasteiger charge is -2.10. The molecule has 7 nitrogen and oxygen atoms in total. The van der Waals surface area contributed by atoms with Crippen LogP contribution in [0, 0.1) is 0 Å². The van der Waals surface area contributed by atoms with Crippen molar-refractivity contribution >= 4 is 16.7 Å². The van der Waals surface area contributed by atoms with E-state index in [-0.39, 0.29) is 5.56 Å². The highest BCUT2D eigenvalue weighted by atomic mass is 16.5. The molecule has 0 atom stereocenters. The molecule has 1 N–H and O–H groups in total. The van der Waals surface area contributed by atoms with Crippen molar-refractivity contribution in [2.75, 3.05) is 13.1 Å². The van der Waals surface area contributed by atoms with E-state index >= 15 is 0 Å². The van der Waals surface area contributed by atoms with Crippen molar-refractivity contribution in [2.24, 2.45) is 4.99 Å². The molecule has 0 amide bonds.